The van der Waals surface area contributed by atoms with Gasteiger partial charge in [0, 0.05) is 17.8 Å². The standard InChI is InChI=1S/C20H22F3N3O3/c1-11-5-17(24-9-18(11)29-10-20(21,22)23)19(28)26-14(4)15-6-12(2)25-16(8-15)7-13(3)27/h5-6,8-9,14H,7,10H2,1-4H3,(H,26,28). The van der Waals surface area contributed by atoms with Crippen molar-refractivity contribution in [1.82, 2.24) is 15.3 Å². The minimum atomic E-state index is -4.46. The lowest BCUT2D eigenvalue weighted by atomic mass is 10.1. The topological polar surface area (TPSA) is 81.2 Å². The van der Waals surface area contributed by atoms with E-state index in [1.165, 1.54) is 19.9 Å². The fraction of sp³-hybridized carbons (Fsp3) is 0.400. The van der Waals surface area contributed by atoms with Crippen molar-refractivity contribution in [2.45, 2.75) is 46.3 Å². The van der Waals surface area contributed by atoms with Crippen molar-refractivity contribution < 1.29 is 27.5 Å². The summed E-state index contributed by atoms with van der Waals surface area (Å²) in [5.41, 5.74) is 2.55. The SMILES string of the molecule is CC(=O)Cc1cc(C(C)NC(=O)c2cc(C)c(OCC(F)(F)F)cn2)cc(C)n1. The molecule has 1 atom stereocenters. The number of ketones is 1. The Labute approximate surface area is 166 Å². The minimum absolute atomic E-state index is 0.0155. The summed E-state index contributed by atoms with van der Waals surface area (Å²) in [6.07, 6.45) is -3.15. The van der Waals surface area contributed by atoms with Gasteiger partial charge in [-0.25, -0.2) is 4.98 Å². The van der Waals surface area contributed by atoms with Crippen LogP contribution in [0.4, 0.5) is 13.2 Å². The van der Waals surface area contributed by atoms with Gasteiger partial charge in [0.05, 0.1) is 12.2 Å². The molecule has 6 nitrogen and oxygen atoms in total. The molecular formula is C20H22F3N3O3. The predicted octanol–water partition coefficient (Wildman–Crippen LogP) is 3.66. The van der Waals surface area contributed by atoms with Crippen LogP contribution in [0.1, 0.15) is 52.9 Å². The summed E-state index contributed by atoms with van der Waals surface area (Å²) in [5.74, 6) is -0.533. The van der Waals surface area contributed by atoms with E-state index < -0.39 is 24.7 Å². The first kappa shape index (κ1) is 22.3. The molecule has 0 bridgehead atoms. The van der Waals surface area contributed by atoms with Crippen LogP contribution in [0, 0.1) is 13.8 Å². The molecule has 2 rings (SSSR count). The second kappa shape index (κ2) is 9.02. The number of halogens is 3. The Hall–Kier alpha value is -2.97. The Morgan fingerprint density at radius 1 is 1.21 bits per heavy atom. The molecule has 0 aliphatic heterocycles. The summed E-state index contributed by atoms with van der Waals surface area (Å²) in [4.78, 5) is 32.0. The number of hydrogen-bond donors (Lipinski definition) is 1. The van der Waals surface area contributed by atoms with Crippen LogP contribution < -0.4 is 10.1 Å². The fourth-order valence-electron chi connectivity index (χ4n) is 2.69. The van der Waals surface area contributed by atoms with Crippen LogP contribution in [0.2, 0.25) is 0 Å². The normalized spacial score (nSPS) is 12.4. The van der Waals surface area contributed by atoms with Crippen LogP contribution >= 0.6 is 0 Å². The number of nitrogens with zero attached hydrogens (tertiary/aromatic N) is 2. The van der Waals surface area contributed by atoms with Gasteiger partial charge in [-0.1, -0.05) is 0 Å². The van der Waals surface area contributed by atoms with Gasteiger partial charge in [-0.3, -0.25) is 14.6 Å². The average Bonchev–Trinajstić information content (AvgIpc) is 2.58. The van der Waals surface area contributed by atoms with Gasteiger partial charge in [-0.05, 0) is 57.0 Å². The van der Waals surface area contributed by atoms with Crippen LogP contribution in [0.5, 0.6) is 5.75 Å². The maximum absolute atomic E-state index is 12.5. The Balaban J connectivity index is 2.10. The summed E-state index contributed by atoms with van der Waals surface area (Å²) < 4.78 is 41.5. The molecule has 2 aromatic rings. The first-order chi connectivity index (χ1) is 13.4. The summed E-state index contributed by atoms with van der Waals surface area (Å²) in [6.45, 7) is 5.16. The van der Waals surface area contributed by atoms with Crippen molar-refractivity contribution in [1.29, 1.82) is 0 Å². The number of amides is 1. The molecule has 0 saturated heterocycles. The van der Waals surface area contributed by atoms with E-state index in [1.54, 1.807) is 26.0 Å². The molecule has 156 valence electrons. The largest absolute Gasteiger partial charge is 0.482 e. The summed E-state index contributed by atoms with van der Waals surface area (Å²) in [6, 6.07) is 4.54. The summed E-state index contributed by atoms with van der Waals surface area (Å²) in [5, 5.41) is 2.79. The molecule has 2 aromatic heterocycles. The van der Waals surface area contributed by atoms with Gasteiger partial charge < -0.3 is 10.1 Å². The monoisotopic (exact) mass is 409 g/mol. The van der Waals surface area contributed by atoms with E-state index in [1.807, 2.05) is 0 Å². The Morgan fingerprint density at radius 3 is 2.48 bits per heavy atom. The van der Waals surface area contributed by atoms with Crippen LogP contribution in [-0.2, 0) is 11.2 Å². The number of hydrogen-bond acceptors (Lipinski definition) is 5. The van der Waals surface area contributed by atoms with Gasteiger partial charge in [0.1, 0.15) is 17.2 Å². The van der Waals surface area contributed by atoms with E-state index in [2.05, 4.69) is 15.3 Å². The van der Waals surface area contributed by atoms with Crippen LogP contribution in [-0.4, -0.2) is 34.4 Å². The van der Waals surface area contributed by atoms with E-state index in [4.69, 9.17) is 4.74 Å². The van der Waals surface area contributed by atoms with E-state index in [0.29, 0.717) is 11.3 Å². The number of alkyl halides is 3. The van der Waals surface area contributed by atoms with Crippen molar-refractivity contribution >= 4 is 11.7 Å². The van der Waals surface area contributed by atoms with Gasteiger partial charge in [-0.15, -0.1) is 0 Å². The second-order valence-corrected chi connectivity index (χ2v) is 6.85. The third kappa shape index (κ3) is 6.85. The van der Waals surface area contributed by atoms with E-state index in [-0.39, 0.29) is 23.6 Å². The molecule has 0 spiro atoms. The van der Waals surface area contributed by atoms with Crippen LogP contribution in [0.15, 0.2) is 24.4 Å². The zero-order valence-electron chi connectivity index (χ0n) is 16.6. The van der Waals surface area contributed by atoms with E-state index in [9.17, 15) is 22.8 Å². The molecular weight excluding hydrogens is 387 g/mol. The summed E-state index contributed by atoms with van der Waals surface area (Å²) >= 11 is 0. The first-order valence-electron chi connectivity index (χ1n) is 8.88. The van der Waals surface area contributed by atoms with Crippen molar-refractivity contribution in [3.05, 3.63) is 52.6 Å². The third-order valence-electron chi connectivity index (χ3n) is 3.99. The number of carbonyl (C=O) groups is 2. The molecule has 29 heavy (non-hydrogen) atoms. The highest BCUT2D eigenvalue weighted by molar-refractivity contribution is 5.92. The van der Waals surface area contributed by atoms with Crippen molar-refractivity contribution in [2.75, 3.05) is 6.61 Å². The second-order valence-electron chi connectivity index (χ2n) is 6.85. The summed E-state index contributed by atoms with van der Waals surface area (Å²) in [7, 11) is 0. The lowest BCUT2D eigenvalue weighted by molar-refractivity contribution is -0.153. The minimum Gasteiger partial charge on any atom is -0.482 e. The molecule has 0 radical (unpaired) electrons. The van der Waals surface area contributed by atoms with E-state index in [0.717, 1.165) is 17.5 Å². The molecule has 0 aliphatic carbocycles. The number of nitrogens with one attached hydrogen (secondary N) is 1. The Morgan fingerprint density at radius 2 is 1.90 bits per heavy atom. The van der Waals surface area contributed by atoms with Gasteiger partial charge in [0.15, 0.2) is 6.61 Å². The number of aryl methyl sites for hydroxylation is 2. The highest BCUT2D eigenvalue weighted by atomic mass is 19.4. The van der Waals surface area contributed by atoms with Crippen LogP contribution in [0.3, 0.4) is 0 Å². The molecule has 0 aromatic carbocycles. The molecule has 1 amide bonds. The molecule has 1 unspecified atom stereocenters. The molecule has 2 heterocycles. The number of carbonyl (C=O) groups excluding carboxylic acids is 2. The highest BCUT2D eigenvalue weighted by Crippen LogP contribution is 2.22. The van der Waals surface area contributed by atoms with Gasteiger partial charge in [-0.2, -0.15) is 13.2 Å². The van der Waals surface area contributed by atoms with Gasteiger partial charge in [0.25, 0.3) is 5.91 Å². The van der Waals surface area contributed by atoms with Crippen molar-refractivity contribution in [3.8, 4) is 5.75 Å². The molecule has 1 N–H and O–H groups in total. The first-order valence-corrected chi connectivity index (χ1v) is 8.88. The van der Waals surface area contributed by atoms with Crippen LogP contribution in [0.25, 0.3) is 0 Å². The molecule has 9 heteroatoms. The maximum atomic E-state index is 12.5. The fourth-order valence-corrected chi connectivity index (χ4v) is 2.69. The predicted molar refractivity (Wildman–Crippen MR) is 99.8 cm³/mol. The quantitative estimate of drug-likeness (QED) is 0.755. The van der Waals surface area contributed by atoms with Crippen molar-refractivity contribution in [3.63, 3.8) is 0 Å². The number of ether oxygens (including phenoxy) is 1. The Bertz CT molecular complexity index is 914. The number of Topliss-reactive ketones (excluding diaryl/α,β-unsaturated/α-hetero) is 1. The number of aromatic nitrogens is 2. The number of rotatable bonds is 7. The average molecular weight is 409 g/mol. The van der Waals surface area contributed by atoms with Gasteiger partial charge >= 0.3 is 6.18 Å². The van der Waals surface area contributed by atoms with E-state index >= 15 is 0 Å². The zero-order chi connectivity index (χ0) is 21.8. The number of pyridine rings is 2. The lowest BCUT2D eigenvalue weighted by Gasteiger charge is -2.16. The molecule has 0 aliphatic rings. The Kier molecular flexibility index (Phi) is 6.94. The highest BCUT2D eigenvalue weighted by Gasteiger charge is 2.28. The smallest absolute Gasteiger partial charge is 0.422 e. The van der Waals surface area contributed by atoms with Gasteiger partial charge in [0.2, 0.25) is 0 Å². The molecule has 0 saturated carbocycles. The molecule has 0 fully saturated rings. The zero-order valence-corrected chi connectivity index (χ0v) is 16.6. The van der Waals surface area contributed by atoms with Crippen molar-refractivity contribution in [2.24, 2.45) is 0 Å². The lowest BCUT2D eigenvalue weighted by Crippen LogP contribution is -2.28. The maximum Gasteiger partial charge on any atom is 0.422 e. The third-order valence-corrected chi connectivity index (χ3v) is 3.99.